The second-order valence-corrected chi connectivity index (χ2v) is 8.54. The molecule has 2 aliphatic rings. The van der Waals surface area contributed by atoms with Gasteiger partial charge in [-0.05, 0) is 19.0 Å². The van der Waals surface area contributed by atoms with Crippen molar-refractivity contribution in [2.45, 2.75) is 37.1 Å². The van der Waals surface area contributed by atoms with Gasteiger partial charge in [0.05, 0.1) is 17.1 Å². The van der Waals surface area contributed by atoms with E-state index in [-0.39, 0.29) is 0 Å². The minimum absolute atomic E-state index is 0.315. The Balaban J connectivity index is 0.000000516. The van der Waals surface area contributed by atoms with Gasteiger partial charge in [0.15, 0.2) is 0 Å². The first-order valence-electron chi connectivity index (χ1n) is 8.91. The first-order valence-corrected chi connectivity index (χ1v) is 11.1. The van der Waals surface area contributed by atoms with E-state index in [4.69, 9.17) is 20.7 Å². The monoisotopic (exact) mass is 418 g/mol. The van der Waals surface area contributed by atoms with Crippen molar-refractivity contribution >= 4 is 35.3 Å². The summed E-state index contributed by atoms with van der Waals surface area (Å²) in [6.07, 6.45) is 1.06. The molecule has 4 heterocycles. The van der Waals surface area contributed by atoms with E-state index in [1.165, 1.54) is 0 Å². The van der Waals surface area contributed by atoms with Crippen LogP contribution >= 0.6 is 23.5 Å². The third kappa shape index (κ3) is 4.60. The number of hydrogen-bond acceptors (Lipinski definition) is 8. The number of fused-ring (bicyclic) bond motifs is 2. The minimum Gasteiger partial charge on any atom is -0.481 e. The molecule has 2 aromatic rings. The maximum atomic E-state index is 9.65. The van der Waals surface area contributed by atoms with Gasteiger partial charge >= 0.3 is 0 Å². The summed E-state index contributed by atoms with van der Waals surface area (Å²) in [4.78, 5) is 14.6. The second-order valence-electron chi connectivity index (χ2n) is 6.33. The molecule has 0 amide bonds. The van der Waals surface area contributed by atoms with Crippen molar-refractivity contribution in [1.82, 2.24) is 20.1 Å². The number of thioether (sulfide) groups is 2. The number of nitrogens with two attached hydrogens (primary N) is 1. The molecular formula is C18H22N6O2S2. The Labute approximate surface area is 171 Å². The molecule has 0 unspecified atom stereocenters. The number of anilines is 1. The van der Waals surface area contributed by atoms with Crippen molar-refractivity contribution in [3.63, 3.8) is 0 Å². The van der Waals surface area contributed by atoms with Gasteiger partial charge in [0, 0.05) is 47.7 Å². The van der Waals surface area contributed by atoms with Gasteiger partial charge in [0.25, 0.3) is 5.97 Å². The van der Waals surface area contributed by atoms with Crippen LogP contribution in [-0.2, 0) is 23.6 Å². The molecular weight excluding hydrogens is 396 g/mol. The lowest BCUT2D eigenvalue weighted by Gasteiger charge is -2.13. The van der Waals surface area contributed by atoms with E-state index < -0.39 is 5.97 Å². The summed E-state index contributed by atoms with van der Waals surface area (Å²) >= 11 is 3.62. The van der Waals surface area contributed by atoms with Crippen molar-refractivity contribution in [2.24, 2.45) is 0 Å². The molecule has 4 N–H and O–H groups in total. The molecule has 2 aromatic heterocycles. The van der Waals surface area contributed by atoms with Crippen molar-refractivity contribution in [1.29, 1.82) is 5.26 Å². The molecule has 0 saturated heterocycles. The number of nitrogens with zero attached hydrogens (tertiary/aromatic N) is 4. The number of aryl methyl sites for hydroxylation is 1. The quantitative estimate of drug-likeness (QED) is 0.638. The van der Waals surface area contributed by atoms with E-state index in [9.17, 15) is 5.26 Å². The number of aromatic nitrogens is 3. The van der Waals surface area contributed by atoms with Crippen molar-refractivity contribution in [2.75, 3.05) is 23.8 Å². The maximum Gasteiger partial charge on any atom is 0.300 e. The lowest BCUT2D eigenvalue weighted by atomic mass is 10.1. The Bertz CT molecular complexity index is 894. The standard InChI is InChI=1S/C16H18N6S2.C2H4O2/c17-7-11-14(12-6-10-8-19-2-1-3-22(10)21-12)15-13(20-16(11)18)9-23-4-5-24-15;1-2(3)4/h6,19H,1-5,8-9H2,(H2,18,20);1H3,(H,3,4). The van der Waals surface area contributed by atoms with Gasteiger partial charge in [-0.25, -0.2) is 4.98 Å². The number of hydrogen-bond donors (Lipinski definition) is 3. The molecule has 10 heteroatoms. The number of nitrogen functional groups attached to an aromatic ring is 1. The highest BCUT2D eigenvalue weighted by Gasteiger charge is 2.24. The van der Waals surface area contributed by atoms with Crippen LogP contribution in [0.1, 0.15) is 30.3 Å². The fourth-order valence-corrected chi connectivity index (χ4v) is 5.39. The highest BCUT2D eigenvalue weighted by atomic mass is 32.2. The number of nitriles is 1. The van der Waals surface area contributed by atoms with Crippen LogP contribution in [0.25, 0.3) is 11.3 Å². The van der Waals surface area contributed by atoms with Gasteiger partial charge < -0.3 is 16.2 Å². The number of nitrogens with one attached hydrogen (secondary N) is 1. The maximum absolute atomic E-state index is 9.65. The molecule has 28 heavy (non-hydrogen) atoms. The van der Waals surface area contributed by atoms with Crippen LogP contribution in [0.2, 0.25) is 0 Å². The third-order valence-electron chi connectivity index (χ3n) is 4.22. The number of pyridine rings is 1. The lowest BCUT2D eigenvalue weighted by Crippen LogP contribution is -2.11. The average Bonchev–Trinajstić information content (AvgIpc) is 2.80. The lowest BCUT2D eigenvalue weighted by molar-refractivity contribution is -0.134. The molecule has 0 spiro atoms. The van der Waals surface area contributed by atoms with Crippen LogP contribution < -0.4 is 11.1 Å². The number of carboxylic acid groups (broad SMARTS) is 1. The van der Waals surface area contributed by atoms with Gasteiger partial charge in [0.2, 0.25) is 0 Å². The smallest absolute Gasteiger partial charge is 0.300 e. The minimum atomic E-state index is -0.833. The van der Waals surface area contributed by atoms with E-state index in [0.717, 1.165) is 77.8 Å². The zero-order chi connectivity index (χ0) is 20.1. The van der Waals surface area contributed by atoms with Crippen molar-refractivity contribution in [3.8, 4) is 17.3 Å². The Morgan fingerprint density at radius 3 is 3.00 bits per heavy atom. The molecule has 0 atom stereocenters. The van der Waals surface area contributed by atoms with E-state index in [1.807, 2.05) is 11.8 Å². The molecule has 0 aromatic carbocycles. The summed E-state index contributed by atoms with van der Waals surface area (Å²) in [5.41, 5.74) is 10.4. The first-order chi connectivity index (χ1) is 13.5. The normalized spacial score (nSPS) is 15.7. The van der Waals surface area contributed by atoms with E-state index >= 15 is 0 Å². The predicted molar refractivity (Wildman–Crippen MR) is 111 cm³/mol. The largest absolute Gasteiger partial charge is 0.481 e. The van der Waals surface area contributed by atoms with E-state index in [0.29, 0.717) is 11.4 Å². The van der Waals surface area contributed by atoms with Crippen LogP contribution in [0, 0.1) is 11.3 Å². The predicted octanol–water partition coefficient (Wildman–Crippen LogP) is 2.32. The van der Waals surface area contributed by atoms with Gasteiger partial charge in [-0.1, -0.05) is 0 Å². The van der Waals surface area contributed by atoms with Crippen LogP contribution in [0.15, 0.2) is 11.0 Å². The van der Waals surface area contributed by atoms with Gasteiger partial charge in [-0.3, -0.25) is 9.48 Å². The number of carbonyl (C=O) groups is 1. The van der Waals surface area contributed by atoms with Crippen LogP contribution in [0.5, 0.6) is 0 Å². The fourth-order valence-electron chi connectivity index (χ4n) is 3.10. The molecule has 0 bridgehead atoms. The summed E-state index contributed by atoms with van der Waals surface area (Å²) in [6, 6.07) is 4.34. The van der Waals surface area contributed by atoms with Crippen LogP contribution in [-0.4, -0.2) is 43.9 Å². The molecule has 2 aliphatic heterocycles. The molecule has 0 aliphatic carbocycles. The van der Waals surface area contributed by atoms with Crippen molar-refractivity contribution < 1.29 is 9.90 Å². The van der Waals surface area contributed by atoms with Gasteiger partial charge in [-0.15, -0.1) is 11.8 Å². The number of aliphatic carboxylic acids is 1. The van der Waals surface area contributed by atoms with E-state index in [2.05, 4.69) is 27.1 Å². The highest BCUT2D eigenvalue weighted by molar-refractivity contribution is 8.03. The third-order valence-corrected chi connectivity index (χ3v) is 6.59. The van der Waals surface area contributed by atoms with Crippen LogP contribution in [0.3, 0.4) is 0 Å². The Morgan fingerprint density at radius 2 is 2.25 bits per heavy atom. The Morgan fingerprint density at radius 1 is 1.46 bits per heavy atom. The van der Waals surface area contributed by atoms with Gasteiger partial charge in [-0.2, -0.15) is 22.1 Å². The molecule has 148 valence electrons. The zero-order valence-electron chi connectivity index (χ0n) is 15.6. The topological polar surface area (TPSA) is 130 Å². The summed E-state index contributed by atoms with van der Waals surface area (Å²) in [7, 11) is 0. The molecule has 0 saturated carbocycles. The number of carboxylic acids is 1. The summed E-state index contributed by atoms with van der Waals surface area (Å²) < 4.78 is 2.05. The molecule has 0 radical (unpaired) electrons. The van der Waals surface area contributed by atoms with E-state index in [1.54, 1.807) is 11.8 Å². The molecule has 4 rings (SSSR count). The zero-order valence-corrected chi connectivity index (χ0v) is 17.2. The summed E-state index contributed by atoms with van der Waals surface area (Å²) in [5, 5.41) is 25.3. The molecule has 0 fully saturated rings. The highest BCUT2D eigenvalue weighted by Crippen LogP contribution is 2.41. The fraction of sp³-hybridized carbons (Fsp3) is 0.444. The first kappa shape index (κ1) is 20.5. The van der Waals surface area contributed by atoms with Gasteiger partial charge in [0.1, 0.15) is 17.5 Å². The second kappa shape index (κ2) is 9.32. The average molecular weight is 419 g/mol. The molecule has 8 nitrogen and oxygen atoms in total. The summed E-state index contributed by atoms with van der Waals surface area (Å²) in [6.45, 7) is 3.80. The van der Waals surface area contributed by atoms with Crippen LogP contribution in [0.4, 0.5) is 5.82 Å². The Kier molecular flexibility index (Phi) is 6.83. The van der Waals surface area contributed by atoms with Crippen molar-refractivity contribution in [3.05, 3.63) is 23.0 Å². The number of rotatable bonds is 1. The summed E-state index contributed by atoms with van der Waals surface area (Å²) in [5.74, 6) is 2.40. The SMILES string of the molecule is CC(=O)O.N#Cc1c(N)nc2c(c1-c1cc3n(n1)CCCNC3)SCCSC2. The Hall–Kier alpha value is -2.22.